The number of nitrogens with one attached hydrogen (secondary N) is 1. The summed E-state index contributed by atoms with van der Waals surface area (Å²) in [5.41, 5.74) is 0. The van der Waals surface area contributed by atoms with Gasteiger partial charge in [0.15, 0.2) is 6.23 Å². The smallest absolute Gasteiger partial charge is 0.219 e. The zero-order chi connectivity index (χ0) is 19.0. The van der Waals surface area contributed by atoms with Gasteiger partial charge in [0.05, 0.1) is 19.6 Å². The van der Waals surface area contributed by atoms with Crippen LogP contribution >= 0.6 is 0 Å². The summed E-state index contributed by atoms with van der Waals surface area (Å²) in [5.74, 6) is 0.186. The van der Waals surface area contributed by atoms with E-state index in [-0.39, 0.29) is 12.1 Å². The summed E-state index contributed by atoms with van der Waals surface area (Å²) in [5, 5.41) is 13.0. The van der Waals surface area contributed by atoms with Crippen molar-refractivity contribution in [3.8, 4) is 0 Å². The fraction of sp³-hybridized carbons (Fsp3) is 0.952. The second-order valence-electron chi connectivity index (χ2n) is 7.49. The quantitative estimate of drug-likeness (QED) is 0.227. The Balaban J connectivity index is 3.59. The van der Waals surface area contributed by atoms with Gasteiger partial charge < -0.3 is 10.4 Å². The Morgan fingerprint density at radius 2 is 1.40 bits per heavy atom. The average molecular weight is 358 g/mol. The molecule has 2 N–H and O–H groups in total. The normalized spacial score (nSPS) is 13.0. The van der Waals surface area contributed by atoms with Crippen molar-refractivity contribution < 1.29 is 14.4 Å². The third-order valence-corrected chi connectivity index (χ3v) is 5.66. The molecule has 0 aliphatic heterocycles. The van der Waals surface area contributed by atoms with Gasteiger partial charge in [-0.25, -0.2) is 0 Å². The summed E-state index contributed by atoms with van der Waals surface area (Å²) in [6.07, 6.45) is 12.8. The first kappa shape index (κ1) is 24.4. The number of hydrogen-bond acceptors (Lipinski definition) is 2. The van der Waals surface area contributed by atoms with Crippen molar-refractivity contribution in [2.75, 3.05) is 26.2 Å². The van der Waals surface area contributed by atoms with E-state index in [4.69, 9.17) is 0 Å². The number of hydrogen-bond donors (Lipinski definition) is 2. The topological polar surface area (TPSA) is 49.3 Å². The maximum Gasteiger partial charge on any atom is 0.219 e. The van der Waals surface area contributed by atoms with E-state index in [9.17, 15) is 9.90 Å². The first-order valence-corrected chi connectivity index (χ1v) is 10.8. The molecule has 4 heteroatoms. The van der Waals surface area contributed by atoms with Crippen LogP contribution in [0.15, 0.2) is 0 Å². The SMILES string of the molecule is CCCCCCCCCCCC(=O)NCCC[N+](CC)(CC)C(C)O. The summed E-state index contributed by atoms with van der Waals surface area (Å²) in [6, 6.07) is 0. The van der Waals surface area contributed by atoms with Crippen LogP contribution in [0.5, 0.6) is 0 Å². The zero-order valence-electron chi connectivity index (χ0n) is 17.5. The molecule has 0 aliphatic carbocycles. The molecule has 4 nitrogen and oxygen atoms in total. The molecule has 0 aromatic carbocycles. The summed E-state index contributed by atoms with van der Waals surface area (Å²) in [6.45, 7) is 11.9. The monoisotopic (exact) mass is 357 g/mol. The lowest BCUT2D eigenvalue weighted by atomic mass is 10.1. The van der Waals surface area contributed by atoms with E-state index in [1.165, 1.54) is 51.4 Å². The van der Waals surface area contributed by atoms with Crippen molar-refractivity contribution in [2.24, 2.45) is 0 Å². The van der Waals surface area contributed by atoms with Gasteiger partial charge in [-0.1, -0.05) is 58.3 Å². The summed E-state index contributed by atoms with van der Waals surface area (Å²) >= 11 is 0. The molecule has 0 saturated heterocycles. The van der Waals surface area contributed by atoms with Crippen LogP contribution in [-0.2, 0) is 4.79 Å². The number of quaternary nitrogens is 1. The molecular formula is C21H45N2O2+. The third-order valence-electron chi connectivity index (χ3n) is 5.66. The van der Waals surface area contributed by atoms with Gasteiger partial charge >= 0.3 is 0 Å². The molecule has 0 aliphatic rings. The van der Waals surface area contributed by atoms with Gasteiger partial charge in [0, 0.05) is 26.3 Å². The van der Waals surface area contributed by atoms with Crippen LogP contribution in [0.2, 0.25) is 0 Å². The van der Waals surface area contributed by atoms with Gasteiger partial charge in [-0.2, -0.15) is 0 Å². The number of rotatable bonds is 17. The molecule has 0 bridgehead atoms. The summed E-state index contributed by atoms with van der Waals surface area (Å²) in [7, 11) is 0. The van der Waals surface area contributed by atoms with Crippen LogP contribution in [0.4, 0.5) is 0 Å². The summed E-state index contributed by atoms with van der Waals surface area (Å²) < 4.78 is 0.716. The lowest BCUT2D eigenvalue weighted by Gasteiger charge is -2.39. The van der Waals surface area contributed by atoms with E-state index in [1.807, 2.05) is 6.92 Å². The molecule has 0 fully saturated rings. The number of aliphatic hydroxyl groups excluding tert-OH is 1. The zero-order valence-corrected chi connectivity index (χ0v) is 17.5. The van der Waals surface area contributed by atoms with E-state index in [2.05, 4.69) is 26.1 Å². The van der Waals surface area contributed by atoms with Crippen molar-refractivity contribution in [3.05, 3.63) is 0 Å². The van der Waals surface area contributed by atoms with E-state index < -0.39 is 0 Å². The molecule has 1 atom stereocenters. The molecule has 1 amide bonds. The first-order chi connectivity index (χ1) is 12.0. The number of carbonyl (C=O) groups excluding carboxylic acids is 1. The highest BCUT2D eigenvalue weighted by molar-refractivity contribution is 5.75. The maximum atomic E-state index is 11.9. The second-order valence-corrected chi connectivity index (χ2v) is 7.49. The number of amides is 1. The average Bonchev–Trinajstić information content (AvgIpc) is 2.60. The minimum Gasteiger partial charge on any atom is -0.356 e. The Labute approximate surface area is 157 Å². The molecule has 0 spiro atoms. The Morgan fingerprint density at radius 3 is 1.88 bits per heavy atom. The second kappa shape index (κ2) is 15.6. The highest BCUT2D eigenvalue weighted by atomic mass is 16.3. The van der Waals surface area contributed by atoms with Gasteiger partial charge in [0.2, 0.25) is 5.91 Å². The Kier molecular flexibility index (Phi) is 15.2. The predicted octanol–water partition coefficient (Wildman–Crippen LogP) is 4.61. The third kappa shape index (κ3) is 11.6. The number of unbranched alkanes of at least 4 members (excludes halogenated alkanes) is 8. The fourth-order valence-electron chi connectivity index (χ4n) is 3.56. The van der Waals surface area contributed by atoms with Crippen molar-refractivity contribution >= 4 is 5.91 Å². The van der Waals surface area contributed by atoms with Gasteiger partial charge in [0.1, 0.15) is 0 Å². The van der Waals surface area contributed by atoms with Gasteiger partial charge in [0.25, 0.3) is 0 Å². The largest absolute Gasteiger partial charge is 0.356 e. The molecular weight excluding hydrogens is 312 g/mol. The van der Waals surface area contributed by atoms with E-state index in [0.29, 0.717) is 10.9 Å². The standard InChI is InChI=1S/C21H44N2O2/c1-5-8-9-10-11-12-13-14-15-17-21(25)22-18-16-19-23(6-2,7-3)20(4)24/h20,24H,5-19H2,1-4H3/p+1. The molecule has 0 aromatic heterocycles. The number of nitrogens with zero attached hydrogens (tertiary/aromatic N) is 1. The van der Waals surface area contributed by atoms with Crippen LogP contribution in [0.1, 0.15) is 98.3 Å². The minimum atomic E-state index is -0.340. The molecule has 25 heavy (non-hydrogen) atoms. The number of carbonyl (C=O) groups is 1. The molecule has 0 aromatic rings. The lowest BCUT2D eigenvalue weighted by Crippen LogP contribution is -2.55. The van der Waals surface area contributed by atoms with Gasteiger partial charge in [-0.05, 0) is 20.3 Å². The van der Waals surface area contributed by atoms with Crippen molar-refractivity contribution in [3.63, 3.8) is 0 Å². The maximum absolute atomic E-state index is 11.9. The van der Waals surface area contributed by atoms with E-state index in [0.717, 1.165) is 39.0 Å². The predicted molar refractivity (Wildman–Crippen MR) is 107 cm³/mol. The molecule has 0 saturated carbocycles. The van der Waals surface area contributed by atoms with E-state index >= 15 is 0 Å². The highest BCUT2D eigenvalue weighted by Gasteiger charge is 2.28. The Bertz CT molecular complexity index is 315. The molecule has 0 radical (unpaired) electrons. The molecule has 150 valence electrons. The van der Waals surface area contributed by atoms with Crippen molar-refractivity contribution in [1.82, 2.24) is 5.32 Å². The van der Waals surface area contributed by atoms with Gasteiger partial charge in [-0.15, -0.1) is 0 Å². The summed E-state index contributed by atoms with van der Waals surface area (Å²) in [4.78, 5) is 11.9. The molecule has 0 heterocycles. The van der Waals surface area contributed by atoms with Gasteiger partial charge in [-0.3, -0.25) is 9.28 Å². The van der Waals surface area contributed by atoms with E-state index in [1.54, 1.807) is 0 Å². The van der Waals surface area contributed by atoms with Crippen LogP contribution in [0, 0.1) is 0 Å². The minimum absolute atomic E-state index is 0.186. The van der Waals surface area contributed by atoms with Crippen LogP contribution in [-0.4, -0.2) is 47.9 Å². The number of aliphatic hydroxyl groups is 1. The molecule has 1 unspecified atom stereocenters. The first-order valence-electron chi connectivity index (χ1n) is 10.8. The van der Waals surface area contributed by atoms with Crippen molar-refractivity contribution in [2.45, 2.75) is 105 Å². The Hall–Kier alpha value is -0.610. The van der Waals surface area contributed by atoms with Crippen LogP contribution in [0.25, 0.3) is 0 Å². The molecule has 0 rings (SSSR count). The fourth-order valence-corrected chi connectivity index (χ4v) is 3.56. The highest BCUT2D eigenvalue weighted by Crippen LogP contribution is 2.12. The van der Waals surface area contributed by atoms with Crippen LogP contribution in [0.3, 0.4) is 0 Å². The van der Waals surface area contributed by atoms with Crippen molar-refractivity contribution in [1.29, 1.82) is 0 Å². The lowest BCUT2D eigenvalue weighted by molar-refractivity contribution is -0.966. The Morgan fingerprint density at radius 1 is 0.880 bits per heavy atom. The van der Waals surface area contributed by atoms with Crippen LogP contribution < -0.4 is 5.32 Å².